The summed E-state index contributed by atoms with van der Waals surface area (Å²) in [6.45, 7) is 2.69. The molecule has 1 fully saturated rings. The van der Waals surface area contributed by atoms with Crippen molar-refractivity contribution in [1.82, 2.24) is 4.90 Å². The van der Waals surface area contributed by atoms with Crippen LogP contribution in [0.2, 0.25) is 0 Å². The Morgan fingerprint density at radius 3 is 2.50 bits per heavy atom. The van der Waals surface area contributed by atoms with Gasteiger partial charge in [-0.2, -0.15) is 0 Å². The third-order valence-corrected chi connectivity index (χ3v) is 3.07. The van der Waals surface area contributed by atoms with Crippen molar-refractivity contribution in [2.45, 2.75) is 32.6 Å². The van der Waals surface area contributed by atoms with Crippen LogP contribution in [0.3, 0.4) is 0 Å². The van der Waals surface area contributed by atoms with Gasteiger partial charge >= 0.3 is 0 Å². The van der Waals surface area contributed by atoms with Gasteiger partial charge in [0.25, 0.3) is 0 Å². The maximum absolute atomic E-state index is 11.8. The molecule has 0 heterocycles. The molecule has 2 heteroatoms. The molecule has 14 heavy (non-hydrogen) atoms. The zero-order valence-electron chi connectivity index (χ0n) is 9.12. The van der Waals surface area contributed by atoms with Gasteiger partial charge in [-0.05, 0) is 31.6 Å². The molecule has 0 unspecified atom stereocenters. The number of carbonyl (C=O) groups excluding carboxylic acids is 1. The molecule has 1 amide bonds. The smallest absolute Gasteiger partial charge is 0.226 e. The minimum absolute atomic E-state index is 0.226. The van der Waals surface area contributed by atoms with Crippen LogP contribution >= 0.6 is 0 Å². The van der Waals surface area contributed by atoms with Gasteiger partial charge in [0.15, 0.2) is 0 Å². The fourth-order valence-corrected chi connectivity index (χ4v) is 2.03. The first kappa shape index (κ1) is 11.1. The van der Waals surface area contributed by atoms with Gasteiger partial charge in [-0.3, -0.25) is 4.79 Å². The van der Waals surface area contributed by atoms with Gasteiger partial charge in [0, 0.05) is 13.0 Å². The van der Waals surface area contributed by atoms with Crippen molar-refractivity contribution in [3.63, 3.8) is 0 Å². The number of rotatable bonds is 2. The lowest BCUT2D eigenvalue weighted by atomic mass is 9.82. The Labute approximate surface area is 86.7 Å². The highest BCUT2D eigenvalue weighted by atomic mass is 16.2. The molecule has 0 aromatic rings. The van der Waals surface area contributed by atoms with Crippen molar-refractivity contribution in [2.24, 2.45) is 11.8 Å². The number of hydrogen-bond donors (Lipinski definition) is 0. The molecule has 2 nitrogen and oxygen atoms in total. The van der Waals surface area contributed by atoms with E-state index in [4.69, 9.17) is 6.42 Å². The van der Waals surface area contributed by atoms with E-state index in [1.54, 1.807) is 11.9 Å². The largest absolute Gasteiger partial charge is 0.334 e. The third kappa shape index (κ3) is 2.77. The lowest BCUT2D eigenvalue weighted by Gasteiger charge is -2.28. The van der Waals surface area contributed by atoms with E-state index < -0.39 is 0 Å². The highest BCUT2D eigenvalue weighted by Crippen LogP contribution is 2.29. The van der Waals surface area contributed by atoms with E-state index >= 15 is 0 Å². The van der Waals surface area contributed by atoms with E-state index in [9.17, 15) is 4.79 Å². The molecule has 0 saturated heterocycles. The highest BCUT2D eigenvalue weighted by Gasteiger charge is 2.25. The molecule has 0 bridgehead atoms. The maximum atomic E-state index is 11.8. The maximum Gasteiger partial charge on any atom is 0.226 e. The topological polar surface area (TPSA) is 20.3 Å². The molecule has 0 radical (unpaired) electrons. The van der Waals surface area contributed by atoms with Crippen LogP contribution in [0, 0.1) is 24.2 Å². The third-order valence-electron chi connectivity index (χ3n) is 3.07. The SMILES string of the molecule is C#CCN(C)C(=O)C1CCC(C)CC1. The molecule has 0 aliphatic heterocycles. The fourth-order valence-electron chi connectivity index (χ4n) is 2.03. The van der Waals surface area contributed by atoms with E-state index in [-0.39, 0.29) is 11.8 Å². The van der Waals surface area contributed by atoms with E-state index in [0.29, 0.717) is 6.54 Å². The van der Waals surface area contributed by atoms with E-state index in [1.165, 1.54) is 12.8 Å². The first-order valence-electron chi connectivity index (χ1n) is 5.33. The quantitative estimate of drug-likeness (QED) is 0.613. The Kier molecular flexibility index (Phi) is 4.00. The Morgan fingerprint density at radius 1 is 1.43 bits per heavy atom. The van der Waals surface area contributed by atoms with Crippen molar-refractivity contribution < 1.29 is 4.79 Å². The first-order chi connectivity index (χ1) is 6.65. The van der Waals surface area contributed by atoms with Gasteiger partial charge in [0.2, 0.25) is 5.91 Å². The summed E-state index contributed by atoms with van der Waals surface area (Å²) in [6, 6.07) is 0. The van der Waals surface area contributed by atoms with E-state index in [2.05, 4.69) is 12.8 Å². The Hall–Kier alpha value is -0.970. The van der Waals surface area contributed by atoms with Crippen LogP contribution in [0.15, 0.2) is 0 Å². The normalized spacial score (nSPS) is 26.6. The average molecular weight is 193 g/mol. The zero-order valence-corrected chi connectivity index (χ0v) is 9.12. The molecule has 1 rings (SSSR count). The number of terminal acetylenes is 1. The summed E-state index contributed by atoms with van der Waals surface area (Å²) in [5, 5.41) is 0. The molecule has 0 N–H and O–H groups in total. The average Bonchev–Trinajstić information content (AvgIpc) is 2.18. The van der Waals surface area contributed by atoms with Crippen molar-refractivity contribution in [1.29, 1.82) is 0 Å². The molecule has 0 spiro atoms. The van der Waals surface area contributed by atoms with Gasteiger partial charge in [0.1, 0.15) is 0 Å². The highest BCUT2D eigenvalue weighted by molar-refractivity contribution is 5.78. The second-order valence-electron chi connectivity index (χ2n) is 4.36. The number of hydrogen-bond acceptors (Lipinski definition) is 1. The lowest BCUT2D eigenvalue weighted by molar-refractivity contribution is -0.134. The molecule has 1 aliphatic carbocycles. The molecular weight excluding hydrogens is 174 g/mol. The monoisotopic (exact) mass is 193 g/mol. The second kappa shape index (κ2) is 5.05. The standard InChI is InChI=1S/C12H19NO/c1-4-9-13(3)12(14)11-7-5-10(2)6-8-11/h1,10-11H,5-9H2,2-3H3. The Balaban J connectivity index is 2.42. The van der Waals surface area contributed by atoms with Crippen LogP contribution in [-0.2, 0) is 4.79 Å². The predicted octanol–water partition coefficient (Wildman–Crippen LogP) is 1.90. The van der Waals surface area contributed by atoms with Crippen LogP contribution in [0.25, 0.3) is 0 Å². The Morgan fingerprint density at radius 2 is 2.00 bits per heavy atom. The molecular formula is C12H19NO. The minimum atomic E-state index is 0.226. The first-order valence-corrected chi connectivity index (χ1v) is 5.33. The number of carbonyl (C=O) groups is 1. The van der Waals surface area contributed by atoms with Gasteiger partial charge in [-0.1, -0.05) is 12.8 Å². The van der Waals surface area contributed by atoms with Crippen molar-refractivity contribution in [3.8, 4) is 12.3 Å². The number of amides is 1. The van der Waals surface area contributed by atoms with Crippen LogP contribution in [0.1, 0.15) is 32.6 Å². The summed E-state index contributed by atoms with van der Waals surface area (Å²) in [4.78, 5) is 13.5. The van der Waals surface area contributed by atoms with Crippen LogP contribution in [-0.4, -0.2) is 24.4 Å². The minimum Gasteiger partial charge on any atom is -0.334 e. The predicted molar refractivity (Wildman–Crippen MR) is 57.6 cm³/mol. The molecule has 0 aromatic carbocycles. The molecule has 78 valence electrons. The lowest BCUT2D eigenvalue weighted by Crippen LogP contribution is -2.34. The molecule has 1 saturated carbocycles. The van der Waals surface area contributed by atoms with Crippen LogP contribution in [0.4, 0.5) is 0 Å². The summed E-state index contributed by atoms with van der Waals surface area (Å²) in [5.74, 6) is 3.75. The zero-order chi connectivity index (χ0) is 10.6. The summed E-state index contributed by atoms with van der Waals surface area (Å²) >= 11 is 0. The molecule has 0 aromatic heterocycles. The second-order valence-corrected chi connectivity index (χ2v) is 4.36. The van der Waals surface area contributed by atoms with Gasteiger partial charge in [0.05, 0.1) is 6.54 Å². The fraction of sp³-hybridized carbons (Fsp3) is 0.750. The number of nitrogens with zero attached hydrogens (tertiary/aromatic N) is 1. The van der Waals surface area contributed by atoms with Crippen LogP contribution in [0.5, 0.6) is 0 Å². The van der Waals surface area contributed by atoms with Crippen molar-refractivity contribution >= 4 is 5.91 Å². The van der Waals surface area contributed by atoms with Gasteiger partial charge in [-0.15, -0.1) is 6.42 Å². The van der Waals surface area contributed by atoms with Gasteiger partial charge < -0.3 is 4.90 Å². The summed E-state index contributed by atoms with van der Waals surface area (Å²) in [6.07, 6.45) is 9.61. The van der Waals surface area contributed by atoms with Crippen molar-refractivity contribution in [3.05, 3.63) is 0 Å². The van der Waals surface area contributed by atoms with Crippen LogP contribution < -0.4 is 0 Å². The van der Waals surface area contributed by atoms with Gasteiger partial charge in [-0.25, -0.2) is 0 Å². The Bertz CT molecular complexity index is 233. The van der Waals surface area contributed by atoms with E-state index in [0.717, 1.165) is 18.8 Å². The molecule has 1 aliphatic rings. The summed E-state index contributed by atoms with van der Waals surface area (Å²) < 4.78 is 0. The summed E-state index contributed by atoms with van der Waals surface area (Å²) in [5.41, 5.74) is 0. The van der Waals surface area contributed by atoms with Crippen molar-refractivity contribution in [2.75, 3.05) is 13.6 Å². The van der Waals surface area contributed by atoms with E-state index in [1.807, 2.05) is 0 Å². The molecule has 0 atom stereocenters. The summed E-state index contributed by atoms with van der Waals surface area (Å²) in [7, 11) is 1.79.